The Balaban J connectivity index is 0.991. The lowest BCUT2D eigenvalue weighted by atomic mass is 9.94. The second-order valence-electron chi connectivity index (χ2n) is 15.3. The second kappa shape index (κ2) is 15.1. The maximum Gasteiger partial charge on any atom is 0.143 e. The van der Waals surface area contributed by atoms with Gasteiger partial charge in [-0.15, -0.1) is 0 Å². The first-order chi connectivity index (χ1) is 29.7. The fourth-order valence-electron chi connectivity index (χ4n) is 8.68. The van der Waals surface area contributed by atoms with Gasteiger partial charge >= 0.3 is 0 Å². The van der Waals surface area contributed by atoms with Gasteiger partial charge in [-0.2, -0.15) is 0 Å². The van der Waals surface area contributed by atoms with Crippen molar-refractivity contribution in [2.24, 2.45) is 0 Å². The van der Waals surface area contributed by atoms with Crippen molar-refractivity contribution in [3.05, 3.63) is 237 Å². The van der Waals surface area contributed by atoms with E-state index in [1.807, 2.05) is 12.1 Å². The average Bonchev–Trinajstić information content (AvgIpc) is 3.72. The van der Waals surface area contributed by atoms with Crippen molar-refractivity contribution in [1.29, 1.82) is 0 Å². The molecule has 0 saturated carbocycles. The highest BCUT2D eigenvalue weighted by molar-refractivity contribution is 6.09. The molecule has 282 valence electrons. The highest BCUT2D eigenvalue weighted by atomic mass is 16.3. The zero-order chi connectivity index (χ0) is 39.8. The molecular weight excluding hydrogens is 727 g/mol. The molecule has 0 aliphatic rings. The molecule has 0 aliphatic carbocycles. The minimum atomic E-state index is 0.903. The fraction of sp³-hybridized carbons (Fsp3) is 0. The summed E-state index contributed by atoms with van der Waals surface area (Å²) in [6, 6.07) is 84.9. The van der Waals surface area contributed by atoms with E-state index in [1.54, 1.807) is 0 Å². The zero-order valence-corrected chi connectivity index (χ0v) is 32.9. The van der Waals surface area contributed by atoms with Crippen LogP contribution in [-0.2, 0) is 0 Å². The SMILES string of the molecule is c1ccc(-c2ccccc2-c2cccc(N(c3ccc(-c4cccc(-c5ccc6ccccc6c5)c4)cc3)c3ccc(-c4cccc5c4oc4ccccc45)cc3)c2)cc1. The molecule has 11 rings (SSSR count). The van der Waals surface area contributed by atoms with Gasteiger partial charge in [0.25, 0.3) is 0 Å². The van der Waals surface area contributed by atoms with Crippen LogP contribution < -0.4 is 4.90 Å². The molecule has 0 aliphatic heterocycles. The monoisotopic (exact) mass is 765 g/mol. The lowest BCUT2D eigenvalue weighted by Crippen LogP contribution is -2.10. The highest BCUT2D eigenvalue weighted by Gasteiger charge is 2.17. The van der Waals surface area contributed by atoms with E-state index in [0.29, 0.717) is 0 Å². The highest BCUT2D eigenvalue weighted by Crippen LogP contribution is 2.42. The number of rotatable bonds is 8. The third kappa shape index (κ3) is 6.51. The Morgan fingerprint density at radius 1 is 0.267 bits per heavy atom. The van der Waals surface area contributed by atoms with Gasteiger partial charge in [-0.25, -0.2) is 0 Å². The van der Waals surface area contributed by atoms with Gasteiger partial charge in [0.2, 0.25) is 0 Å². The number of hydrogen-bond acceptors (Lipinski definition) is 2. The van der Waals surface area contributed by atoms with Crippen LogP contribution in [0.25, 0.3) is 88.3 Å². The molecule has 2 nitrogen and oxygen atoms in total. The molecule has 11 aromatic rings. The summed E-state index contributed by atoms with van der Waals surface area (Å²) >= 11 is 0. The van der Waals surface area contributed by atoms with E-state index in [0.717, 1.165) is 55.7 Å². The van der Waals surface area contributed by atoms with Crippen LogP contribution in [0.2, 0.25) is 0 Å². The smallest absolute Gasteiger partial charge is 0.143 e. The van der Waals surface area contributed by atoms with Gasteiger partial charge in [0.05, 0.1) is 0 Å². The average molecular weight is 766 g/mol. The normalized spacial score (nSPS) is 11.3. The van der Waals surface area contributed by atoms with E-state index in [-0.39, 0.29) is 0 Å². The number of fused-ring (bicyclic) bond motifs is 4. The van der Waals surface area contributed by atoms with Crippen molar-refractivity contribution in [2.75, 3.05) is 4.90 Å². The van der Waals surface area contributed by atoms with E-state index in [4.69, 9.17) is 4.42 Å². The third-order valence-electron chi connectivity index (χ3n) is 11.7. The molecule has 10 aromatic carbocycles. The first kappa shape index (κ1) is 35.2. The Kier molecular flexibility index (Phi) is 8.87. The molecule has 0 fully saturated rings. The Bertz CT molecular complexity index is 3310. The quantitative estimate of drug-likeness (QED) is 0.153. The van der Waals surface area contributed by atoms with Gasteiger partial charge in [-0.3, -0.25) is 0 Å². The standard InChI is InChI=1S/C58H39NO/c1-2-14-42(15-3-1)52-21-6-7-22-53(52)48-19-11-20-51(39-48)59(50-35-31-43(32-36-50)54-24-12-25-56-55-23-8-9-26-57(55)60-58(54)56)49-33-29-41(30-34-49)45-17-10-18-46(37-45)47-28-27-40-13-4-5-16-44(40)38-47/h1-39H. The molecule has 60 heavy (non-hydrogen) atoms. The summed E-state index contributed by atoms with van der Waals surface area (Å²) < 4.78 is 6.44. The molecule has 0 atom stereocenters. The predicted octanol–water partition coefficient (Wildman–Crippen LogP) is 16.5. The van der Waals surface area contributed by atoms with Crippen LogP contribution in [0.15, 0.2) is 241 Å². The number of furan rings is 1. The summed E-state index contributed by atoms with van der Waals surface area (Å²) in [5, 5.41) is 4.76. The summed E-state index contributed by atoms with van der Waals surface area (Å²) in [7, 11) is 0. The Hall–Kier alpha value is -7.94. The minimum Gasteiger partial charge on any atom is -0.455 e. The first-order valence-electron chi connectivity index (χ1n) is 20.5. The maximum atomic E-state index is 6.44. The maximum absolute atomic E-state index is 6.44. The van der Waals surface area contributed by atoms with Crippen LogP contribution in [0, 0.1) is 0 Å². The number of benzene rings is 10. The van der Waals surface area contributed by atoms with Crippen LogP contribution in [0.4, 0.5) is 17.1 Å². The number of anilines is 3. The predicted molar refractivity (Wildman–Crippen MR) is 253 cm³/mol. The Morgan fingerprint density at radius 3 is 1.58 bits per heavy atom. The van der Waals surface area contributed by atoms with Crippen LogP contribution in [-0.4, -0.2) is 0 Å². The zero-order valence-electron chi connectivity index (χ0n) is 32.9. The van der Waals surface area contributed by atoms with Gasteiger partial charge in [0, 0.05) is 33.4 Å². The van der Waals surface area contributed by atoms with Gasteiger partial charge in [-0.1, -0.05) is 182 Å². The van der Waals surface area contributed by atoms with E-state index in [1.165, 1.54) is 49.7 Å². The van der Waals surface area contributed by atoms with Crippen molar-refractivity contribution in [3.63, 3.8) is 0 Å². The van der Waals surface area contributed by atoms with Gasteiger partial charge in [0.1, 0.15) is 11.2 Å². The summed E-state index contributed by atoms with van der Waals surface area (Å²) in [6.45, 7) is 0. The van der Waals surface area contributed by atoms with Crippen LogP contribution in [0.3, 0.4) is 0 Å². The van der Waals surface area contributed by atoms with Crippen molar-refractivity contribution >= 4 is 49.8 Å². The number of para-hydroxylation sites is 2. The van der Waals surface area contributed by atoms with Crippen molar-refractivity contribution in [3.8, 4) is 55.6 Å². The molecule has 0 N–H and O–H groups in total. The molecule has 0 bridgehead atoms. The molecule has 0 saturated heterocycles. The lowest BCUT2D eigenvalue weighted by molar-refractivity contribution is 0.670. The van der Waals surface area contributed by atoms with Crippen molar-refractivity contribution < 1.29 is 4.42 Å². The second-order valence-corrected chi connectivity index (χ2v) is 15.3. The van der Waals surface area contributed by atoms with Crippen molar-refractivity contribution in [2.45, 2.75) is 0 Å². The molecule has 0 amide bonds. The molecule has 0 radical (unpaired) electrons. The topological polar surface area (TPSA) is 16.4 Å². The minimum absolute atomic E-state index is 0.903. The molecule has 0 spiro atoms. The molecular formula is C58H39NO. The molecule has 1 aromatic heterocycles. The van der Waals surface area contributed by atoms with Gasteiger partial charge < -0.3 is 9.32 Å². The van der Waals surface area contributed by atoms with E-state index in [9.17, 15) is 0 Å². The number of nitrogens with zero attached hydrogens (tertiary/aromatic N) is 1. The van der Waals surface area contributed by atoms with E-state index >= 15 is 0 Å². The summed E-state index contributed by atoms with van der Waals surface area (Å²) in [6.07, 6.45) is 0. The fourth-order valence-corrected chi connectivity index (χ4v) is 8.68. The van der Waals surface area contributed by atoms with Crippen LogP contribution in [0.1, 0.15) is 0 Å². The van der Waals surface area contributed by atoms with E-state index < -0.39 is 0 Å². The summed E-state index contributed by atoms with van der Waals surface area (Å²) in [4.78, 5) is 2.36. The Labute approximate surface area is 349 Å². The largest absolute Gasteiger partial charge is 0.455 e. The summed E-state index contributed by atoms with van der Waals surface area (Å²) in [5.41, 5.74) is 16.8. The van der Waals surface area contributed by atoms with E-state index in [2.05, 4.69) is 229 Å². The van der Waals surface area contributed by atoms with Crippen LogP contribution >= 0.6 is 0 Å². The molecule has 2 heteroatoms. The Morgan fingerprint density at radius 2 is 0.783 bits per heavy atom. The molecule has 1 heterocycles. The first-order valence-corrected chi connectivity index (χ1v) is 20.5. The number of hydrogen-bond donors (Lipinski definition) is 0. The lowest BCUT2D eigenvalue weighted by Gasteiger charge is -2.26. The van der Waals surface area contributed by atoms with Gasteiger partial charge in [-0.05, 0) is 115 Å². The van der Waals surface area contributed by atoms with Crippen LogP contribution in [0.5, 0.6) is 0 Å². The third-order valence-corrected chi connectivity index (χ3v) is 11.7. The van der Waals surface area contributed by atoms with Gasteiger partial charge in [0.15, 0.2) is 0 Å². The van der Waals surface area contributed by atoms with Crippen molar-refractivity contribution in [1.82, 2.24) is 0 Å². The summed E-state index contributed by atoms with van der Waals surface area (Å²) in [5.74, 6) is 0. The molecule has 0 unspecified atom stereocenters.